The van der Waals surface area contributed by atoms with Gasteiger partial charge in [-0.2, -0.15) is 4.98 Å². The summed E-state index contributed by atoms with van der Waals surface area (Å²) >= 11 is 0. The van der Waals surface area contributed by atoms with Crippen molar-refractivity contribution in [1.82, 2.24) is 10.1 Å². The number of carbonyl (C=O) groups is 1. The monoisotopic (exact) mass is 327 g/mol. The lowest BCUT2D eigenvalue weighted by Crippen LogP contribution is -2.24. The maximum absolute atomic E-state index is 12.2. The van der Waals surface area contributed by atoms with E-state index in [1.807, 2.05) is 23.1 Å². The Bertz CT molecular complexity index is 711. The highest BCUT2D eigenvalue weighted by atomic mass is 16.5. The van der Waals surface area contributed by atoms with Crippen LogP contribution in [0.1, 0.15) is 42.5 Å². The molecule has 6 heteroatoms. The third-order valence-corrected chi connectivity index (χ3v) is 5.22. The SMILES string of the molecule is COC(=O)[C@@H]1CN(c2nc(C3CCC3)no2)C[C@H]1c1ccccc1. The minimum Gasteiger partial charge on any atom is -0.469 e. The Morgan fingerprint density at radius 2 is 2.04 bits per heavy atom. The molecule has 2 aliphatic rings. The molecule has 0 N–H and O–H groups in total. The Balaban J connectivity index is 1.57. The lowest BCUT2D eigenvalue weighted by atomic mass is 9.85. The van der Waals surface area contributed by atoms with Crippen molar-refractivity contribution in [2.75, 3.05) is 25.1 Å². The molecule has 1 aromatic heterocycles. The van der Waals surface area contributed by atoms with Crippen molar-refractivity contribution in [3.8, 4) is 0 Å². The van der Waals surface area contributed by atoms with Crippen molar-refractivity contribution in [3.63, 3.8) is 0 Å². The quantitative estimate of drug-likeness (QED) is 0.804. The van der Waals surface area contributed by atoms with Gasteiger partial charge in [-0.15, -0.1) is 0 Å². The normalized spacial score (nSPS) is 24.0. The molecule has 0 unspecified atom stereocenters. The summed E-state index contributed by atoms with van der Waals surface area (Å²) in [6, 6.07) is 10.6. The van der Waals surface area contributed by atoms with E-state index in [2.05, 4.69) is 22.3 Å². The Labute approximate surface area is 140 Å². The predicted octanol–water partition coefficient (Wildman–Crippen LogP) is 2.73. The summed E-state index contributed by atoms with van der Waals surface area (Å²) in [4.78, 5) is 18.8. The number of ether oxygens (including phenoxy) is 1. The highest BCUT2D eigenvalue weighted by Gasteiger charge is 2.41. The van der Waals surface area contributed by atoms with Gasteiger partial charge >= 0.3 is 12.0 Å². The molecule has 1 aliphatic heterocycles. The number of rotatable bonds is 4. The van der Waals surface area contributed by atoms with E-state index in [0.717, 1.165) is 24.2 Å². The molecule has 0 bridgehead atoms. The van der Waals surface area contributed by atoms with Gasteiger partial charge in [0.05, 0.1) is 13.0 Å². The maximum atomic E-state index is 12.2. The first-order chi connectivity index (χ1) is 11.8. The Hall–Kier alpha value is -2.37. The van der Waals surface area contributed by atoms with Crippen LogP contribution in [0.3, 0.4) is 0 Å². The van der Waals surface area contributed by atoms with Gasteiger partial charge in [-0.05, 0) is 18.4 Å². The molecule has 24 heavy (non-hydrogen) atoms. The lowest BCUT2D eigenvalue weighted by Gasteiger charge is -2.21. The van der Waals surface area contributed by atoms with E-state index in [-0.39, 0.29) is 17.8 Å². The molecule has 1 saturated carbocycles. The fourth-order valence-corrected chi connectivity index (χ4v) is 3.58. The molecule has 0 spiro atoms. The number of esters is 1. The largest absolute Gasteiger partial charge is 0.469 e. The molecule has 4 rings (SSSR count). The molecular formula is C18H21N3O3. The lowest BCUT2D eigenvalue weighted by molar-refractivity contribution is -0.145. The van der Waals surface area contributed by atoms with Crippen LogP contribution in [-0.4, -0.2) is 36.3 Å². The minimum absolute atomic E-state index is 0.0673. The van der Waals surface area contributed by atoms with Gasteiger partial charge in [0.25, 0.3) is 0 Å². The van der Waals surface area contributed by atoms with Gasteiger partial charge < -0.3 is 14.2 Å². The van der Waals surface area contributed by atoms with Gasteiger partial charge in [0, 0.05) is 24.9 Å². The molecule has 2 atom stereocenters. The average Bonchev–Trinajstić information content (AvgIpc) is 3.20. The van der Waals surface area contributed by atoms with Crippen molar-refractivity contribution < 1.29 is 14.1 Å². The molecule has 1 saturated heterocycles. The summed E-state index contributed by atoms with van der Waals surface area (Å²) in [5.41, 5.74) is 1.13. The zero-order chi connectivity index (χ0) is 16.5. The second-order valence-electron chi connectivity index (χ2n) is 6.61. The second-order valence-corrected chi connectivity index (χ2v) is 6.61. The van der Waals surface area contributed by atoms with E-state index in [1.54, 1.807) is 0 Å². The molecule has 1 aliphatic carbocycles. The van der Waals surface area contributed by atoms with Crippen LogP contribution < -0.4 is 4.90 Å². The topological polar surface area (TPSA) is 68.5 Å². The van der Waals surface area contributed by atoms with Crippen LogP contribution in [0.5, 0.6) is 0 Å². The fraction of sp³-hybridized carbons (Fsp3) is 0.500. The van der Waals surface area contributed by atoms with E-state index >= 15 is 0 Å². The fourth-order valence-electron chi connectivity index (χ4n) is 3.58. The average molecular weight is 327 g/mol. The molecule has 0 radical (unpaired) electrons. The molecule has 6 nitrogen and oxygen atoms in total. The van der Waals surface area contributed by atoms with Crippen LogP contribution in [0.2, 0.25) is 0 Å². The predicted molar refractivity (Wildman–Crippen MR) is 87.8 cm³/mol. The van der Waals surface area contributed by atoms with Gasteiger partial charge in [0.2, 0.25) is 0 Å². The van der Waals surface area contributed by atoms with Crippen molar-refractivity contribution in [3.05, 3.63) is 41.7 Å². The zero-order valence-corrected chi connectivity index (χ0v) is 13.7. The van der Waals surface area contributed by atoms with E-state index in [1.165, 1.54) is 13.5 Å². The van der Waals surface area contributed by atoms with Gasteiger partial charge in [-0.3, -0.25) is 4.79 Å². The Morgan fingerprint density at radius 1 is 1.25 bits per heavy atom. The second kappa shape index (κ2) is 6.26. The number of methoxy groups -OCH3 is 1. The van der Waals surface area contributed by atoms with Crippen LogP contribution >= 0.6 is 0 Å². The van der Waals surface area contributed by atoms with Crippen LogP contribution in [0.25, 0.3) is 0 Å². The van der Waals surface area contributed by atoms with E-state index in [4.69, 9.17) is 9.26 Å². The van der Waals surface area contributed by atoms with Crippen molar-refractivity contribution in [1.29, 1.82) is 0 Å². The first kappa shape index (κ1) is 15.2. The smallest absolute Gasteiger partial charge is 0.324 e. The van der Waals surface area contributed by atoms with Crippen LogP contribution in [0, 0.1) is 5.92 Å². The number of benzene rings is 1. The molecule has 0 amide bonds. The first-order valence-electron chi connectivity index (χ1n) is 8.47. The summed E-state index contributed by atoms with van der Waals surface area (Å²) in [5.74, 6) is 0.889. The Kier molecular flexibility index (Phi) is 3.96. The summed E-state index contributed by atoms with van der Waals surface area (Å²) in [7, 11) is 1.44. The number of hydrogen-bond donors (Lipinski definition) is 0. The standard InChI is InChI=1S/C18H21N3O3/c1-23-17(22)15-11-21(10-14(15)12-6-3-2-4-7-12)18-19-16(20-24-18)13-8-5-9-13/h2-4,6-7,13-15H,5,8-11H2,1H3/t14-,15+/m0/s1. The first-order valence-corrected chi connectivity index (χ1v) is 8.47. The van der Waals surface area contributed by atoms with Crippen molar-refractivity contribution >= 4 is 12.0 Å². The van der Waals surface area contributed by atoms with Crippen LogP contribution in [0.15, 0.2) is 34.9 Å². The van der Waals surface area contributed by atoms with E-state index in [9.17, 15) is 4.79 Å². The van der Waals surface area contributed by atoms with Crippen LogP contribution in [-0.2, 0) is 9.53 Å². The third-order valence-electron chi connectivity index (χ3n) is 5.22. The number of aromatic nitrogens is 2. The van der Waals surface area contributed by atoms with Crippen molar-refractivity contribution in [2.24, 2.45) is 5.92 Å². The third kappa shape index (κ3) is 2.66. The summed E-state index contributed by atoms with van der Waals surface area (Å²) < 4.78 is 10.5. The van der Waals surface area contributed by atoms with Crippen LogP contribution in [0.4, 0.5) is 6.01 Å². The Morgan fingerprint density at radius 3 is 2.71 bits per heavy atom. The van der Waals surface area contributed by atoms with Gasteiger partial charge in [0.1, 0.15) is 0 Å². The molecular weight excluding hydrogens is 306 g/mol. The summed E-state index contributed by atoms with van der Waals surface area (Å²) in [6.45, 7) is 1.22. The van der Waals surface area contributed by atoms with Gasteiger partial charge in [0.15, 0.2) is 5.82 Å². The van der Waals surface area contributed by atoms with E-state index < -0.39 is 0 Å². The van der Waals surface area contributed by atoms with Gasteiger partial charge in [-0.1, -0.05) is 41.9 Å². The molecule has 1 aromatic carbocycles. The number of anilines is 1. The highest BCUT2D eigenvalue weighted by Crippen LogP contribution is 2.38. The number of hydrogen-bond acceptors (Lipinski definition) is 6. The number of carbonyl (C=O) groups excluding carboxylic acids is 1. The maximum Gasteiger partial charge on any atom is 0.324 e. The van der Waals surface area contributed by atoms with Crippen molar-refractivity contribution in [2.45, 2.75) is 31.1 Å². The zero-order valence-electron chi connectivity index (χ0n) is 13.7. The minimum atomic E-state index is -0.226. The molecule has 2 fully saturated rings. The highest BCUT2D eigenvalue weighted by molar-refractivity contribution is 5.75. The number of nitrogens with zero attached hydrogens (tertiary/aromatic N) is 3. The van der Waals surface area contributed by atoms with Gasteiger partial charge in [-0.25, -0.2) is 0 Å². The van der Waals surface area contributed by atoms with E-state index in [0.29, 0.717) is 25.0 Å². The molecule has 2 heterocycles. The molecule has 2 aromatic rings. The molecule has 126 valence electrons. The summed E-state index contributed by atoms with van der Waals surface area (Å²) in [5, 5.41) is 4.13. The summed E-state index contributed by atoms with van der Waals surface area (Å²) in [6.07, 6.45) is 3.51.